The number of benzene rings is 2. The summed E-state index contributed by atoms with van der Waals surface area (Å²) < 4.78 is 0. The van der Waals surface area contributed by atoms with Gasteiger partial charge >= 0.3 is 0 Å². The van der Waals surface area contributed by atoms with Gasteiger partial charge in [0.2, 0.25) is 5.78 Å². The Kier molecular flexibility index (Phi) is 2.46. The molecule has 0 bridgehead atoms. The lowest BCUT2D eigenvalue weighted by Crippen LogP contribution is -2.41. The lowest BCUT2D eigenvalue weighted by molar-refractivity contribution is 0.0736. The van der Waals surface area contributed by atoms with Crippen LogP contribution in [0.3, 0.4) is 0 Å². The van der Waals surface area contributed by atoms with Gasteiger partial charge in [-0.05, 0) is 0 Å². The van der Waals surface area contributed by atoms with Crippen LogP contribution in [0.5, 0.6) is 0 Å². The van der Waals surface area contributed by atoms with E-state index in [9.17, 15) is 19.2 Å². The van der Waals surface area contributed by atoms with E-state index in [1.807, 2.05) is 0 Å². The number of ketones is 4. The van der Waals surface area contributed by atoms with Gasteiger partial charge in [0.25, 0.3) is 0 Å². The molecule has 2 aromatic rings. The Morgan fingerprint density at radius 1 is 0.680 bits per heavy atom. The quantitative estimate of drug-likeness (QED) is 0.748. The zero-order valence-corrected chi connectivity index (χ0v) is 13.0. The SMILES string of the molecule is O=C1C2=C(C(=O)c3ccccc31)C1(CN2)C(=O)c2ccccc2C1=O. The van der Waals surface area contributed by atoms with Crippen molar-refractivity contribution in [2.75, 3.05) is 6.54 Å². The third-order valence-electron chi connectivity index (χ3n) is 5.27. The highest BCUT2D eigenvalue weighted by Crippen LogP contribution is 2.48. The molecule has 120 valence electrons. The number of allylic oxidation sites excluding steroid dienone is 1. The Morgan fingerprint density at radius 2 is 1.16 bits per heavy atom. The van der Waals surface area contributed by atoms with Gasteiger partial charge in [-0.1, -0.05) is 48.5 Å². The summed E-state index contributed by atoms with van der Waals surface area (Å²) in [5, 5.41) is 2.88. The summed E-state index contributed by atoms with van der Waals surface area (Å²) in [5.74, 6) is -1.60. The molecule has 5 heteroatoms. The second-order valence-electron chi connectivity index (χ2n) is 6.42. The van der Waals surface area contributed by atoms with E-state index in [4.69, 9.17) is 0 Å². The van der Waals surface area contributed by atoms with Gasteiger partial charge in [0.05, 0.1) is 11.3 Å². The van der Waals surface area contributed by atoms with E-state index in [2.05, 4.69) is 5.32 Å². The average molecular weight is 329 g/mol. The van der Waals surface area contributed by atoms with Crippen LogP contribution >= 0.6 is 0 Å². The van der Waals surface area contributed by atoms with Gasteiger partial charge in [-0.2, -0.15) is 0 Å². The Bertz CT molecular complexity index is 1040. The van der Waals surface area contributed by atoms with E-state index in [0.29, 0.717) is 16.7 Å². The number of hydrogen-bond donors (Lipinski definition) is 1. The van der Waals surface area contributed by atoms with Crippen LogP contribution in [0.4, 0.5) is 0 Å². The van der Waals surface area contributed by atoms with Gasteiger partial charge in [0.1, 0.15) is 5.41 Å². The van der Waals surface area contributed by atoms with Gasteiger partial charge in [-0.25, -0.2) is 0 Å². The molecule has 5 rings (SSSR count). The predicted octanol–water partition coefficient (Wildman–Crippen LogP) is 1.99. The van der Waals surface area contributed by atoms with Crippen molar-refractivity contribution in [1.82, 2.24) is 5.32 Å². The second-order valence-corrected chi connectivity index (χ2v) is 6.42. The minimum atomic E-state index is -1.63. The van der Waals surface area contributed by atoms with Gasteiger partial charge < -0.3 is 5.32 Å². The van der Waals surface area contributed by atoms with Crippen molar-refractivity contribution in [3.63, 3.8) is 0 Å². The van der Waals surface area contributed by atoms with Gasteiger partial charge in [-0.15, -0.1) is 0 Å². The topological polar surface area (TPSA) is 80.3 Å². The molecule has 1 aliphatic heterocycles. The molecular weight excluding hydrogens is 318 g/mol. The van der Waals surface area contributed by atoms with Crippen LogP contribution in [0.25, 0.3) is 0 Å². The summed E-state index contributed by atoms with van der Waals surface area (Å²) in [7, 11) is 0. The number of nitrogens with one attached hydrogen (secondary N) is 1. The van der Waals surface area contributed by atoms with Crippen LogP contribution in [0.1, 0.15) is 41.4 Å². The van der Waals surface area contributed by atoms with E-state index in [-0.39, 0.29) is 29.2 Å². The minimum absolute atomic E-state index is 0.00222. The summed E-state index contributed by atoms with van der Waals surface area (Å²) >= 11 is 0. The number of Topliss-reactive ketones (excluding diaryl/α,β-unsaturated/α-hetero) is 4. The van der Waals surface area contributed by atoms with E-state index in [0.717, 1.165) is 0 Å². The van der Waals surface area contributed by atoms with Crippen LogP contribution in [-0.2, 0) is 0 Å². The van der Waals surface area contributed by atoms with Crippen LogP contribution in [-0.4, -0.2) is 29.7 Å². The van der Waals surface area contributed by atoms with Gasteiger partial charge in [0.15, 0.2) is 17.3 Å². The van der Waals surface area contributed by atoms with E-state index >= 15 is 0 Å². The third-order valence-corrected chi connectivity index (χ3v) is 5.27. The van der Waals surface area contributed by atoms with Crippen molar-refractivity contribution in [1.29, 1.82) is 0 Å². The second kappa shape index (κ2) is 4.39. The molecule has 3 aliphatic rings. The number of fused-ring (bicyclic) bond motifs is 3. The zero-order valence-electron chi connectivity index (χ0n) is 13.0. The molecule has 1 heterocycles. The Hall–Kier alpha value is -3.34. The number of hydrogen-bond acceptors (Lipinski definition) is 5. The maximum atomic E-state index is 13.1. The molecule has 0 saturated carbocycles. The molecule has 2 aromatic carbocycles. The first kappa shape index (κ1) is 14.0. The molecule has 5 nitrogen and oxygen atoms in total. The molecule has 0 atom stereocenters. The van der Waals surface area contributed by atoms with Gasteiger partial charge in [0, 0.05) is 28.8 Å². The Balaban J connectivity index is 1.78. The highest BCUT2D eigenvalue weighted by Gasteiger charge is 2.62. The fourth-order valence-corrected chi connectivity index (χ4v) is 4.09. The van der Waals surface area contributed by atoms with E-state index in [1.54, 1.807) is 48.5 Å². The first-order valence-corrected chi connectivity index (χ1v) is 7.93. The minimum Gasteiger partial charge on any atom is -0.380 e. The van der Waals surface area contributed by atoms with Crippen molar-refractivity contribution >= 4 is 23.1 Å². The monoisotopic (exact) mass is 329 g/mol. The van der Waals surface area contributed by atoms with Crippen molar-refractivity contribution in [2.24, 2.45) is 5.41 Å². The van der Waals surface area contributed by atoms with E-state index in [1.165, 1.54) is 0 Å². The Labute approximate surface area is 142 Å². The first-order valence-electron chi connectivity index (χ1n) is 7.93. The maximum absolute atomic E-state index is 13.1. The average Bonchev–Trinajstić information content (AvgIpc) is 3.15. The smallest absolute Gasteiger partial charge is 0.210 e. The fourth-order valence-electron chi connectivity index (χ4n) is 4.09. The molecule has 25 heavy (non-hydrogen) atoms. The van der Waals surface area contributed by atoms with Crippen molar-refractivity contribution < 1.29 is 19.2 Å². The van der Waals surface area contributed by atoms with Gasteiger partial charge in [-0.3, -0.25) is 19.2 Å². The van der Waals surface area contributed by atoms with Crippen LogP contribution in [0, 0.1) is 5.41 Å². The molecule has 0 aromatic heterocycles. The zero-order chi connectivity index (χ0) is 17.3. The largest absolute Gasteiger partial charge is 0.380 e. The normalized spacial score (nSPS) is 19.8. The number of carbonyl (C=O) groups is 4. The molecule has 0 fully saturated rings. The third kappa shape index (κ3) is 1.44. The molecule has 1 spiro atoms. The highest BCUT2D eigenvalue weighted by atomic mass is 16.2. The lowest BCUT2D eigenvalue weighted by Gasteiger charge is -2.24. The highest BCUT2D eigenvalue weighted by molar-refractivity contribution is 6.39. The predicted molar refractivity (Wildman–Crippen MR) is 87.7 cm³/mol. The fraction of sp³-hybridized carbons (Fsp3) is 0.100. The first-order chi connectivity index (χ1) is 12.1. The molecule has 2 aliphatic carbocycles. The maximum Gasteiger partial charge on any atom is 0.210 e. The summed E-state index contributed by atoms with van der Waals surface area (Å²) in [6, 6.07) is 13.0. The molecule has 1 N–H and O–H groups in total. The molecule has 0 unspecified atom stereocenters. The molecule has 0 amide bonds. The summed E-state index contributed by atoms with van der Waals surface area (Å²) in [5.41, 5.74) is -0.388. The van der Waals surface area contributed by atoms with Crippen LogP contribution < -0.4 is 5.32 Å². The molecular formula is C20H11NO4. The lowest BCUT2D eigenvalue weighted by atomic mass is 9.71. The molecule has 0 radical (unpaired) electrons. The van der Waals surface area contributed by atoms with Crippen molar-refractivity contribution in [2.45, 2.75) is 0 Å². The van der Waals surface area contributed by atoms with Crippen LogP contribution in [0.2, 0.25) is 0 Å². The standard InChI is InChI=1S/C20H11NO4/c22-16-10-5-1-2-6-11(10)17(23)15-14(16)20(9-21-15)18(24)12-7-3-4-8-13(12)19(20)25/h1-8,21H,9H2. The molecule has 0 saturated heterocycles. The Morgan fingerprint density at radius 3 is 1.72 bits per heavy atom. The summed E-state index contributed by atoms with van der Waals surface area (Å²) in [6.07, 6.45) is 0. The summed E-state index contributed by atoms with van der Waals surface area (Å²) in [6.45, 7) is -0.0600. The summed E-state index contributed by atoms with van der Waals surface area (Å²) in [4.78, 5) is 52.1. The number of rotatable bonds is 0. The van der Waals surface area contributed by atoms with E-state index < -0.39 is 22.8 Å². The van der Waals surface area contributed by atoms with Crippen molar-refractivity contribution in [3.8, 4) is 0 Å². The van der Waals surface area contributed by atoms with Crippen LogP contribution in [0.15, 0.2) is 59.8 Å². The van der Waals surface area contributed by atoms with Crippen molar-refractivity contribution in [3.05, 3.63) is 82.1 Å². The number of carbonyl (C=O) groups excluding carboxylic acids is 4.